The van der Waals surface area contributed by atoms with Crippen LogP contribution >= 0.6 is 0 Å². The van der Waals surface area contributed by atoms with Crippen molar-refractivity contribution in [1.82, 2.24) is 5.32 Å². The highest BCUT2D eigenvalue weighted by atomic mass is 16.5. The summed E-state index contributed by atoms with van der Waals surface area (Å²) in [6.45, 7) is 6.81. The Bertz CT molecular complexity index is 350. The van der Waals surface area contributed by atoms with E-state index in [1.807, 2.05) is 12.1 Å². The van der Waals surface area contributed by atoms with Crippen LogP contribution in [0.3, 0.4) is 0 Å². The molecular formula is C15H23NO2. The van der Waals surface area contributed by atoms with Crippen LogP contribution in [-0.2, 0) is 11.3 Å². The number of nitrogens with one attached hydrogen (secondary N) is 1. The van der Waals surface area contributed by atoms with Gasteiger partial charge in [0.1, 0.15) is 12.4 Å². The Morgan fingerprint density at radius 2 is 2.06 bits per heavy atom. The third kappa shape index (κ3) is 4.00. The van der Waals surface area contributed by atoms with Gasteiger partial charge in [-0.25, -0.2) is 0 Å². The third-order valence-corrected chi connectivity index (χ3v) is 3.26. The molecule has 100 valence electrons. The van der Waals surface area contributed by atoms with Crippen LogP contribution in [0.4, 0.5) is 0 Å². The second kappa shape index (κ2) is 6.76. The summed E-state index contributed by atoms with van der Waals surface area (Å²) < 4.78 is 11.5. The molecule has 0 aromatic heterocycles. The summed E-state index contributed by atoms with van der Waals surface area (Å²) in [5.74, 6) is 0.929. The normalized spacial score (nSPS) is 23.2. The lowest BCUT2D eigenvalue weighted by atomic mass is 10.2. The molecule has 2 unspecified atom stereocenters. The minimum atomic E-state index is 0.265. The zero-order valence-corrected chi connectivity index (χ0v) is 11.3. The average Bonchev–Trinajstić information content (AvgIpc) is 2.81. The molecule has 0 saturated carbocycles. The predicted molar refractivity (Wildman–Crippen MR) is 72.9 cm³/mol. The van der Waals surface area contributed by atoms with E-state index in [4.69, 9.17) is 9.47 Å². The second-order valence-corrected chi connectivity index (χ2v) is 4.88. The summed E-state index contributed by atoms with van der Waals surface area (Å²) in [5, 5.41) is 3.30. The van der Waals surface area contributed by atoms with Crippen molar-refractivity contribution in [1.29, 1.82) is 0 Å². The quantitative estimate of drug-likeness (QED) is 0.841. The third-order valence-electron chi connectivity index (χ3n) is 3.26. The molecule has 0 aliphatic carbocycles. The van der Waals surface area contributed by atoms with Crippen LogP contribution < -0.4 is 10.1 Å². The zero-order valence-electron chi connectivity index (χ0n) is 11.3. The molecule has 1 saturated heterocycles. The molecule has 0 spiro atoms. The fraction of sp³-hybridized carbons (Fsp3) is 0.600. The van der Waals surface area contributed by atoms with E-state index in [2.05, 4.69) is 31.3 Å². The molecule has 1 aromatic carbocycles. The lowest BCUT2D eigenvalue weighted by Crippen LogP contribution is -2.17. The maximum atomic E-state index is 5.75. The molecule has 0 amide bonds. The van der Waals surface area contributed by atoms with Gasteiger partial charge in [0.2, 0.25) is 0 Å². The number of hydrogen-bond acceptors (Lipinski definition) is 3. The summed E-state index contributed by atoms with van der Waals surface area (Å²) in [6, 6.07) is 8.28. The van der Waals surface area contributed by atoms with E-state index in [0.717, 1.165) is 31.7 Å². The molecule has 1 aromatic rings. The minimum absolute atomic E-state index is 0.265. The lowest BCUT2D eigenvalue weighted by molar-refractivity contribution is 0.0264. The standard InChI is InChI=1S/C15H23NO2/c1-3-16-10-13-5-8-14(9-6-13)17-11-15-7-4-12(2)18-15/h5-6,8-9,12,15-16H,3-4,7,10-11H2,1-2H3. The Kier molecular flexibility index (Phi) is 5.02. The zero-order chi connectivity index (χ0) is 12.8. The smallest absolute Gasteiger partial charge is 0.119 e. The van der Waals surface area contributed by atoms with E-state index < -0.39 is 0 Å². The van der Waals surface area contributed by atoms with Crippen LogP contribution in [0.2, 0.25) is 0 Å². The fourth-order valence-electron chi connectivity index (χ4n) is 2.17. The van der Waals surface area contributed by atoms with Gasteiger partial charge in [-0.2, -0.15) is 0 Å². The molecule has 1 heterocycles. The molecular weight excluding hydrogens is 226 g/mol. The van der Waals surface area contributed by atoms with E-state index in [1.165, 1.54) is 5.56 Å². The van der Waals surface area contributed by atoms with Gasteiger partial charge in [0.15, 0.2) is 0 Å². The van der Waals surface area contributed by atoms with Crippen LogP contribution in [0.25, 0.3) is 0 Å². The molecule has 1 aliphatic heterocycles. The van der Waals surface area contributed by atoms with Gasteiger partial charge in [-0.15, -0.1) is 0 Å². The highest BCUT2D eigenvalue weighted by molar-refractivity contribution is 5.27. The summed E-state index contributed by atoms with van der Waals surface area (Å²) >= 11 is 0. The van der Waals surface area contributed by atoms with Gasteiger partial charge in [-0.3, -0.25) is 0 Å². The van der Waals surface area contributed by atoms with Gasteiger partial charge in [-0.05, 0) is 44.0 Å². The highest BCUT2D eigenvalue weighted by Gasteiger charge is 2.22. The van der Waals surface area contributed by atoms with E-state index >= 15 is 0 Å². The summed E-state index contributed by atoms with van der Waals surface area (Å²) in [4.78, 5) is 0. The summed E-state index contributed by atoms with van der Waals surface area (Å²) in [6.07, 6.45) is 2.91. The van der Waals surface area contributed by atoms with Gasteiger partial charge < -0.3 is 14.8 Å². The minimum Gasteiger partial charge on any atom is -0.491 e. The lowest BCUT2D eigenvalue weighted by Gasteiger charge is -2.13. The Hall–Kier alpha value is -1.06. The van der Waals surface area contributed by atoms with Gasteiger partial charge in [-0.1, -0.05) is 19.1 Å². The van der Waals surface area contributed by atoms with E-state index in [1.54, 1.807) is 0 Å². The molecule has 2 atom stereocenters. The monoisotopic (exact) mass is 249 g/mol. The number of rotatable bonds is 6. The molecule has 0 radical (unpaired) electrons. The summed E-state index contributed by atoms with van der Waals surface area (Å²) in [5.41, 5.74) is 1.29. The van der Waals surface area contributed by atoms with Crippen LogP contribution in [-0.4, -0.2) is 25.4 Å². The molecule has 1 aliphatic rings. The van der Waals surface area contributed by atoms with Gasteiger partial charge >= 0.3 is 0 Å². The van der Waals surface area contributed by atoms with Crippen LogP contribution in [0.5, 0.6) is 5.75 Å². The van der Waals surface area contributed by atoms with Crippen LogP contribution in [0.1, 0.15) is 32.3 Å². The number of benzene rings is 1. The van der Waals surface area contributed by atoms with Crippen molar-refractivity contribution in [2.75, 3.05) is 13.2 Å². The topological polar surface area (TPSA) is 30.5 Å². The van der Waals surface area contributed by atoms with E-state index in [-0.39, 0.29) is 6.10 Å². The van der Waals surface area contributed by atoms with Crippen molar-refractivity contribution in [2.24, 2.45) is 0 Å². The first-order valence-corrected chi connectivity index (χ1v) is 6.86. The Morgan fingerprint density at radius 3 is 2.67 bits per heavy atom. The molecule has 0 bridgehead atoms. The highest BCUT2D eigenvalue weighted by Crippen LogP contribution is 2.20. The van der Waals surface area contributed by atoms with Crippen molar-refractivity contribution >= 4 is 0 Å². The van der Waals surface area contributed by atoms with Crippen molar-refractivity contribution in [2.45, 2.75) is 45.4 Å². The van der Waals surface area contributed by atoms with Crippen molar-refractivity contribution in [3.05, 3.63) is 29.8 Å². The fourth-order valence-corrected chi connectivity index (χ4v) is 2.17. The van der Waals surface area contributed by atoms with Crippen LogP contribution in [0.15, 0.2) is 24.3 Å². The Labute approximate surface area is 109 Å². The van der Waals surface area contributed by atoms with E-state index in [0.29, 0.717) is 12.7 Å². The molecule has 3 heteroatoms. The number of hydrogen-bond donors (Lipinski definition) is 1. The number of ether oxygens (including phenoxy) is 2. The van der Waals surface area contributed by atoms with Crippen molar-refractivity contribution in [3.8, 4) is 5.75 Å². The summed E-state index contributed by atoms with van der Waals surface area (Å²) in [7, 11) is 0. The Balaban J connectivity index is 1.76. The molecule has 2 rings (SSSR count). The maximum absolute atomic E-state index is 5.75. The van der Waals surface area contributed by atoms with Gasteiger partial charge in [0.25, 0.3) is 0 Å². The molecule has 3 nitrogen and oxygen atoms in total. The van der Waals surface area contributed by atoms with Gasteiger partial charge in [0.05, 0.1) is 12.2 Å². The van der Waals surface area contributed by atoms with Crippen molar-refractivity contribution < 1.29 is 9.47 Å². The molecule has 1 fully saturated rings. The van der Waals surface area contributed by atoms with Gasteiger partial charge in [0, 0.05) is 6.54 Å². The first kappa shape index (κ1) is 13.4. The molecule has 1 N–H and O–H groups in total. The first-order valence-electron chi connectivity index (χ1n) is 6.86. The second-order valence-electron chi connectivity index (χ2n) is 4.88. The van der Waals surface area contributed by atoms with Crippen molar-refractivity contribution in [3.63, 3.8) is 0 Å². The first-order chi connectivity index (χ1) is 8.78. The largest absolute Gasteiger partial charge is 0.491 e. The SMILES string of the molecule is CCNCc1ccc(OCC2CCC(C)O2)cc1. The average molecular weight is 249 g/mol. The Morgan fingerprint density at radius 1 is 1.28 bits per heavy atom. The van der Waals surface area contributed by atoms with Crippen LogP contribution in [0, 0.1) is 0 Å². The maximum Gasteiger partial charge on any atom is 0.119 e. The predicted octanol–water partition coefficient (Wildman–Crippen LogP) is 2.74. The van der Waals surface area contributed by atoms with E-state index in [9.17, 15) is 0 Å². The molecule has 18 heavy (non-hydrogen) atoms.